The van der Waals surface area contributed by atoms with Gasteiger partial charge in [-0.3, -0.25) is 4.79 Å². The van der Waals surface area contributed by atoms with Crippen LogP contribution in [0.15, 0.2) is 96.0 Å². The van der Waals surface area contributed by atoms with Crippen molar-refractivity contribution in [2.24, 2.45) is 4.99 Å². The van der Waals surface area contributed by atoms with Crippen molar-refractivity contribution in [1.82, 2.24) is 4.90 Å². The second kappa shape index (κ2) is 9.69. The number of carboxylic acids is 1. The molecule has 0 saturated carbocycles. The molecule has 6 nitrogen and oxygen atoms in total. The van der Waals surface area contributed by atoms with Gasteiger partial charge < -0.3 is 14.7 Å². The Kier molecular flexibility index (Phi) is 6.54. The number of esters is 1. The second-order valence-electron chi connectivity index (χ2n) is 8.03. The van der Waals surface area contributed by atoms with E-state index >= 15 is 0 Å². The molecule has 1 aliphatic rings. The molecule has 0 bridgehead atoms. The molecule has 3 aromatic rings. The number of aliphatic imine (C=N–C) groups is 1. The van der Waals surface area contributed by atoms with Gasteiger partial charge in [0.25, 0.3) is 0 Å². The number of carboxylic acid groups (broad SMARTS) is 1. The van der Waals surface area contributed by atoms with Gasteiger partial charge in [0, 0.05) is 18.5 Å². The van der Waals surface area contributed by atoms with Gasteiger partial charge >= 0.3 is 11.9 Å². The molecular weight excluding hydrogens is 416 g/mol. The number of rotatable bonds is 8. The second-order valence-corrected chi connectivity index (χ2v) is 8.03. The van der Waals surface area contributed by atoms with E-state index in [0.717, 1.165) is 16.7 Å². The SMILES string of the molecule is COC(=O)CC[C@]1(C(=O)O)N=C(c2ccccc2)N(Cc2ccccc2)[C@H]1c1ccccc1. The predicted molar refractivity (Wildman–Crippen MR) is 126 cm³/mol. The van der Waals surface area contributed by atoms with Crippen LogP contribution in [0.25, 0.3) is 0 Å². The Morgan fingerprint density at radius 2 is 1.52 bits per heavy atom. The predicted octanol–water partition coefficient (Wildman–Crippen LogP) is 4.47. The molecule has 1 N–H and O–H groups in total. The van der Waals surface area contributed by atoms with Gasteiger partial charge in [-0.05, 0) is 17.5 Å². The van der Waals surface area contributed by atoms with E-state index in [9.17, 15) is 14.7 Å². The van der Waals surface area contributed by atoms with Crippen molar-refractivity contribution in [3.05, 3.63) is 108 Å². The summed E-state index contributed by atoms with van der Waals surface area (Å²) in [6.45, 7) is 0.474. The summed E-state index contributed by atoms with van der Waals surface area (Å²) in [5, 5.41) is 10.5. The van der Waals surface area contributed by atoms with E-state index in [1.54, 1.807) is 0 Å². The molecule has 6 heteroatoms. The molecule has 2 atom stereocenters. The number of ether oxygens (including phenoxy) is 1. The Hall–Kier alpha value is -3.93. The minimum Gasteiger partial charge on any atom is -0.479 e. The number of benzene rings is 3. The number of methoxy groups -OCH3 is 1. The van der Waals surface area contributed by atoms with Crippen LogP contribution in [0, 0.1) is 0 Å². The third-order valence-electron chi connectivity index (χ3n) is 5.99. The monoisotopic (exact) mass is 442 g/mol. The third kappa shape index (κ3) is 4.51. The highest BCUT2D eigenvalue weighted by Gasteiger charge is 2.55. The van der Waals surface area contributed by atoms with Crippen molar-refractivity contribution >= 4 is 17.8 Å². The minimum absolute atomic E-state index is 0.0240. The van der Waals surface area contributed by atoms with Crippen molar-refractivity contribution in [3.8, 4) is 0 Å². The van der Waals surface area contributed by atoms with Crippen LogP contribution >= 0.6 is 0 Å². The normalized spacial score (nSPS) is 19.7. The smallest absolute Gasteiger partial charge is 0.334 e. The van der Waals surface area contributed by atoms with Gasteiger partial charge in [0.2, 0.25) is 0 Å². The van der Waals surface area contributed by atoms with E-state index in [0.29, 0.717) is 12.4 Å². The fourth-order valence-corrected chi connectivity index (χ4v) is 4.41. The van der Waals surface area contributed by atoms with E-state index in [1.165, 1.54) is 7.11 Å². The first-order chi connectivity index (χ1) is 16.0. The van der Waals surface area contributed by atoms with Crippen molar-refractivity contribution in [2.75, 3.05) is 7.11 Å². The molecule has 1 aliphatic heterocycles. The zero-order valence-electron chi connectivity index (χ0n) is 18.4. The van der Waals surface area contributed by atoms with E-state index < -0.39 is 23.5 Å². The first-order valence-corrected chi connectivity index (χ1v) is 10.9. The van der Waals surface area contributed by atoms with E-state index in [2.05, 4.69) is 0 Å². The number of carbonyl (C=O) groups is 2. The molecule has 0 spiro atoms. The van der Waals surface area contributed by atoms with E-state index in [1.807, 2.05) is 95.9 Å². The number of carbonyl (C=O) groups excluding carboxylic acids is 1. The Morgan fingerprint density at radius 1 is 0.939 bits per heavy atom. The summed E-state index contributed by atoms with van der Waals surface area (Å²) in [6.07, 6.45) is -0.0208. The van der Waals surface area contributed by atoms with Crippen molar-refractivity contribution in [3.63, 3.8) is 0 Å². The molecule has 3 aromatic carbocycles. The molecular formula is C27H26N2O4. The highest BCUT2D eigenvalue weighted by atomic mass is 16.5. The van der Waals surface area contributed by atoms with Crippen LogP contribution in [-0.4, -0.2) is 40.4 Å². The van der Waals surface area contributed by atoms with Crippen LogP contribution in [0.3, 0.4) is 0 Å². The van der Waals surface area contributed by atoms with Crippen LogP contribution in [0.1, 0.15) is 35.6 Å². The Balaban J connectivity index is 1.89. The molecule has 0 unspecified atom stereocenters. The topological polar surface area (TPSA) is 79.2 Å². The van der Waals surface area contributed by atoms with Crippen LogP contribution in [0.4, 0.5) is 0 Å². The molecule has 0 aromatic heterocycles. The Bertz CT molecular complexity index is 1130. The minimum atomic E-state index is -1.55. The van der Waals surface area contributed by atoms with E-state index in [-0.39, 0.29) is 12.8 Å². The average molecular weight is 443 g/mol. The summed E-state index contributed by atoms with van der Waals surface area (Å²) in [5.41, 5.74) is 1.15. The average Bonchev–Trinajstić information content (AvgIpc) is 3.19. The van der Waals surface area contributed by atoms with Gasteiger partial charge in [0.1, 0.15) is 5.84 Å². The molecule has 1 heterocycles. The third-order valence-corrected chi connectivity index (χ3v) is 5.99. The molecule has 4 rings (SSSR count). The fourth-order valence-electron chi connectivity index (χ4n) is 4.41. The van der Waals surface area contributed by atoms with Crippen LogP contribution < -0.4 is 0 Å². The zero-order valence-corrected chi connectivity index (χ0v) is 18.4. The van der Waals surface area contributed by atoms with Gasteiger partial charge in [0.15, 0.2) is 5.54 Å². The molecule has 33 heavy (non-hydrogen) atoms. The number of hydrogen-bond donors (Lipinski definition) is 1. The maximum atomic E-state index is 12.9. The Labute approximate surface area is 193 Å². The molecule has 0 radical (unpaired) electrons. The lowest BCUT2D eigenvalue weighted by atomic mass is 9.82. The Morgan fingerprint density at radius 3 is 2.09 bits per heavy atom. The largest absolute Gasteiger partial charge is 0.479 e. The van der Waals surface area contributed by atoms with Gasteiger partial charge in [-0.25, -0.2) is 9.79 Å². The van der Waals surface area contributed by atoms with Gasteiger partial charge in [-0.1, -0.05) is 91.0 Å². The number of aliphatic carboxylic acids is 1. The summed E-state index contributed by atoms with van der Waals surface area (Å²) < 4.78 is 4.82. The quantitative estimate of drug-likeness (QED) is 0.521. The van der Waals surface area contributed by atoms with Gasteiger partial charge in [-0.15, -0.1) is 0 Å². The van der Waals surface area contributed by atoms with Gasteiger partial charge in [0.05, 0.1) is 13.2 Å². The molecule has 0 amide bonds. The van der Waals surface area contributed by atoms with Crippen LogP contribution in [0.5, 0.6) is 0 Å². The highest BCUT2D eigenvalue weighted by Crippen LogP contribution is 2.45. The molecule has 0 aliphatic carbocycles. The number of nitrogens with zero attached hydrogens (tertiary/aromatic N) is 2. The summed E-state index contributed by atoms with van der Waals surface area (Å²) >= 11 is 0. The maximum Gasteiger partial charge on any atom is 0.334 e. The lowest BCUT2D eigenvalue weighted by Crippen LogP contribution is -2.46. The summed E-state index contributed by atoms with van der Waals surface area (Å²) in [7, 11) is 1.31. The lowest BCUT2D eigenvalue weighted by Gasteiger charge is -2.36. The molecule has 0 fully saturated rings. The van der Waals surface area contributed by atoms with Crippen molar-refractivity contribution in [2.45, 2.75) is 31.0 Å². The van der Waals surface area contributed by atoms with Crippen LogP contribution in [0.2, 0.25) is 0 Å². The molecule has 0 saturated heterocycles. The van der Waals surface area contributed by atoms with Gasteiger partial charge in [-0.2, -0.15) is 0 Å². The van der Waals surface area contributed by atoms with E-state index in [4.69, 9.17) is 9.73 Å². The van der Waals surface area contributed by atoms with Crippen LogP contribution in [-0.2, 0) is 20.9 Å². The number of amidine groups is 1. The first-order valence-electron chi connectivity index (χ1n) is 10.9. The maximum absolute atomic E-state index is 12.9. The fraction of sp³-hybridized carbons (Fsp3) is 0.222. The summed E-state index contributed by atoms with van der Waals surface area (Å²) in [4.78, 5) is 31.8. The highest BCUT2D eigenvalue weighted by molar-refractivity contribution is 6.04. The number of hydrogen-bond acceptors (Lipinski definition) is 5. The van der Waals surface area contributed by atoms with Crippen molar-refractivity contribution < 1.29 is 19.4 Å². The molecule has 168 valence electrons. The zero-order chi connectivity index (χ0) is 23.3. The summed E-state index contributed by atoms with van der Waals surface area (Å²) in [5.74, 6) is -0.926. The lowest BCUT2D eigenvalue weighted by molar-refractivity contribution is -0.146. The summed E-state index contributed by atoms with van der Waals surface area (Å²) in [6, 6.07) is 28.4. The standard InChI is InChI=1S/C27H26N2O4/c1-33-23(30)17-18-27(26(31)32)24(21-13-7-3-8-14-21)29(19-20-11-5-2-6-12-20)25(28-27)22-15-9-4-10-16-22/h2-16,24H,17-19H2,1H3,(H,31,32)/t24-,27-/m0/s1. The first kappa shape index (κ1) is 22.3. The van der Waals surface area contributed by atoms with Crippen molar-refractivity contribution in [1.29, 1.82) is 0 Å².